The van der Waals surface area contributed by atoms with Gasteiger partial charge in [-0.05, 0) is 0 Å². The lowest BCUT2D eigenvalue weighted by molar-refractivity contribution is -0.333. The van der Waals surface area contributed by atoms with E-state index < -0.39 is 43.4 Å². The minimum absolute atomic E-state index is 0.786. The summed E-state index contributed by atoms with van der Waals surface area (Å²) in [7, 11) is 0. The molecule has 14 heavy (non-hydrogen) atoms. The molecule has 1 heterocycles. The van der Waals surface area contributed by atoms with E-state index in [1.54, 1.807) is 0 Å². The molecule has 0 spiro atoms. The second kappa shape index (κ2) is 4.07. The molecule has 1 aliphatic heterocycles. The Morgan fingerprint density at radius 1 is 0.929 bits per heavy atom. The third-order valence-corrected chi connectivity index (χ3v) is 2.40. The molecule has 1 unspecified atom stereocenters. The van der Waals surface area contributed by atoms with Crippen molar-refractivity contribution in [1.29, 1.82) is 0 Å². The molecule has 6 N–H and O–H groups in total. The van der Waals surface area contributed by atoms with Crippen molar-refractivity contribution in [3.63, 3.8) is 0 Å². The van der Waals surface area contributed by atoms with E-state index >= 15 is 0 Å². The molecule has 0 aromatic heterocycles. The van der Waals surface area contributed by atoms with E-state index in [9.17, 15) is 10.2 Å². The maximum atomic E-state index is 9.41. The molecule has 7 heteroatoms. The summed E-state index contributed by atoms with van der Waals surface area (Å²) >= 11 is 0. The standard InChI is InChI=1S/C7H14O7/c8-1-7(2-9)5(12)3(10)4(11)6(13)14-7/h3-6,8-13H,1-2H2/t3-,4-,5-,6?/m1/s1. The van der Waals surface area contributed by atoms with Crippen molar-refractivity contribution < 1.29 is 35.4 Å². The predicted molar refractivity (Wildman–Crippen MR) is 42.0 cm³/mol. The van der Waals surface area contributed by atoms with Gasteiger partial charge in [0.05, 0.1) is 13.2 Å². The molecule has 0 bridgehead atoms. The summed E-state index contributed by atoms with van der Waals surface area (Å²) in [4.78, 5) is 0. The second-order valence-corrected chi connectivity index (χ2v) is 3.32. The van der Waals surface area contributed by atoms with E-state index in [-0.39, 0.29) is 0 Å². The first-order valence-corrected chi connectivity index (χ1v) is 4.10. The van der Waals surface area contributed by atoms with E-state index in [1.165, 1.54) is 0 Å². The highest BCUT2D eigenvalue weighted by molar-refractivity contribution is 4.99. The summed E-state index contributed by atoms with van der Waals surface area (Å²) in [6.07, 6.45) is -6.78. The molecule has 1 rings (SSSR count). The van der Waals surface area contributed by atoms with Gasteiger partial charge in [0.15, 0.2) is 6.29 Å². The third kappa shape index (κ3) is 1.63. The van der Waals surface area contributed by atoms with Crippen LogP contribution in [0, 0.1) is 0 Å². The molecule has 4 atom stereocenters. The fraction of sp³-hybridized carbons (Fsp3) is 1.00. The summed E-state index contributed by atoms with van der Waals surface area (Å²) in [6, 6.07) is 0. The summed E-state index contributed by atoms with van der Waals surface area (Å²) in [5.41, 5.74) is -1.85. The molecule has 0 aliphatic carbocycles. The zero-order valence-corrected chi connectivity index (χ0v) is 7.32. The van der Waals surface area contributed by atoms with Gasteiger partial charge < -0.3 is 35.4 Å². The zero-order valence-electron chi connectivity index (χ0n) is 7.32. The van der Waals surface area contributed by atoms with Crippen molar-refractivity contribution in [2.75, 3.05) is 13.2 Å². The van der Waals surface area contributed by atoms with E-state index in [1.807, 2.05) is 0 Å². The van der Waals surface area contributed by atoms with E-state index in [0.717, 1.165) is 0 Å². The Kier molecular flexibility index (Phi) is 3.43. The van der Waals surface area contributed by atoms with Crippen LogP contribution in [0.25, 0.3) is 0 Å². The van der Waals surface area contributed by atoms with Gasteiger partial charge >= 0.3 is 0 Å². The van der Waals surface area contributed by atoms with Gasteiger partial charge in [0, 0.05) is 0 Å². The van der Waals surface area contributed by atoms with Crippen LogP contribution in [0.2, 0.25) is 0 Å². The predicted octanol–water partition coefficient (Wildman–Crippen LogP) is -3.86. The van der Waals surface area contributed by atoms with Crippen molar-refractivity contribution in [2.24, 2.45) is 0 Å². The van der Waals surface area contributed by atoms with Gasteiger partial charge in [0.25, 0.3) is 0 Å². The Morgan fingerprint density at radius 3 is 1.86 bits per heavy atom. The van der Waals surface area contributed by atoms with Gasteiger partial charge in [0.1, 0.15) is 23.9 Å². The fourth-order valence-corrected chi connectivity index (χ4v) is 1.36. The van der Waals surface area contributed by atoms with Crippen LogP contribution in [0.4, 0.5) is 0 Å². The van der Waals surface area contributed by atoms with Crippen LogP contribution >= 0.6 is 0 Å². The Bertz CT molecular complexity index is 192. The topological polar surface area (TPSA) is 131 Å². The van der Waals surface area contributed by atoms with Crippen LogP contribution in [-0.2, 0) is 4.74 Å². The summed E-state index contributed by atoms with van der Waals surface area (Å²) < 4.78 is 4.66. The zero-order chi connectivity index (χ0) is 10.9. The van der Waals surface area contributed by atoms with Gasteiger partial charge in [-0.2, -0.15) is 0 Å². The molecule has 1 fully saturated rings. The normalized spacial score (nSPS) is 42.4. The number of aliphatic hydroxyl groups excluding tert-OH is 6. The molecular weight excluding hydrogens is 196 g/mol. The molecule has 1 saturated heterocycles. The highest BCUT2D eigenvalue weighted by Gasteiger charge is 2.52. The fourth-order valence-electron chi connectivity index (χ4n) is 1.36. The van der Waals surface area contributed by atoms with Gasteiger partial charge in [0.2, 0.25) is 0 Å². The number of rotatable bonds is 2. The average molecular weight is 210 g/mol. The smallest absolute Gasteiger partial charge is 0.184 e. The molecule has 7 nitrogen and oxygen atoms in total. The lowest BCUT2D eigenvalue weighted by Crippen LogP contribution is -2.67. The van der Waals surface area contributed by atoms with Crippen molar-refractivity contribution in [3.05, 3.63) is 0 Å². The van der Waals surface area contributed by atoms with E-state index in [2.05, 4.69) is 4.74 Å². The molecule has 0 aromatic rings. The molecule has 0 amide bonds. The van der Waals surface area contributed by atoms with Crippen molar-refractivity contribution >= 4 is 0 Å². The number of hydrogen-bond donors (Lipinski definition) is 6. The van der Waals surface area contributed by atoms with Crippen LogP contribution in [0.15, 0.2) is 0 Å². The third-order valence-electron chi connectivity index (χ3n) is 2.40. The lowest BCUT2D eigenvalue weighted by atomic mass is 9.88. The van der Waals surface area contributed by atoms with E-state index in [4.69, 9.17) is 20.4 Å². The Morgan fingerprint density at radius 2 is 1.43 bits per heavy atom. The molecule has 0 aromatic carbocycles. The first-order chi connectivity index (χ1) is 6.48. The molecule has 0 saturated carbocycles. The summed E-state index contributed by atoms with van der Waals surface area (Å²) in [6.45, 7) is -1.57. The highest BCUT2D eigenvalue weighted by Crippen LogP contribution is 2.28. The first-order valence-electron chi connectivity index (χ1n) is 4.10. The maximum Gasteiger partial charge on any atom is 0.184 e. The van der Waals surface area contributed by atoms with E-state index in [0.29, 0.717) is 0 Å². The van der Waals surface area contributed by atoms with Crippen LogP contribution in [0.1, 0.15) is 0 Å². The largest absolute Gasteiger partial charge is 0.393 e. The average Bonchev–Trinajstić information content (AvgIpc) is 2.21. The summed E-state index contributed by atoms with van der Waals surface area (Å²) in [5.74, 6) is 0. The lowest BCUT2D eigenvalue weighted by Gasteiger charge is -2.45. The number of aliphatic hydroxyl groups is 6. The Hall–Kier alpha value is -0.280. The molecule has 84 valence electrons. The monoisotopic (exact) mass is 210 g/mol. The second-order valence-electron chi connectivity index (χ2n) is 3.32. The highest BCUT2D eigenvalue weighted by atomic mass is 16.7. The Labute approximate surface area is 79.8 Å². The van der Waals surface area contributed by atoms with Crippen LogP contribution in [-0.4, -0.2) is 74.1 Å². The van der Waals surface area contributed by atoms with Crippen molar-refractivity contribution in [3.8, 4) is 0 Å². The van der Waals surface area contributed by atoms with Gasteiger partial charge in [-0.15, -0.1) is 0 Å². The molecule has 0 radical (unpaired) electrons. The molecule has 1 aliphatic rings. The Balaban J connectivity index is 2.88. The first kappa shape index (κ1) is 11.8. The van der Waals surface area contributed by atoms with Gasteiger partial charge in [-0.3, -0.25) is 0 Å². The number of hydrogen-bond acceptors (Lipinski definition) is 7. The maximum absolute atomic E-state index is 9.41. The van der Waals surface area contributed by atoms with Crippen LogP contribution < -0.4 is 0 Å². The van der Waals surface area contributed by atoms with Crippen molar-refractivity contribution in [2.45, 2.75) is 30.2 Å². The summed E-state index contributed by atoms with van der Waals surface area (Å²) in [5, 5.41) is 54.6. The molecular formula is C7H14O7. The minimum Gasteiger partial charge on any atom is -0.393 e. The van der Waals surface area contributed by atoms with Crippen molar-refractivity contribution in [1.82, 2.24) is 0 Å². The van der Waals surface area contributed by atoms with Crippen LogP contribution in [0.3, 0.4) is 0 Å². The SMILES string of the molecule is OCC1(CO)OC(O)[C@H](O)[C@@H](O)[C@H]1O. The minimum atomic E-state index is -1.85. The van der Waals surface area contributed by atoms with Gasteiger partial charge in [-0.1, -0.05) is 0 Å². The number of ether oxygens (including phenoxy) is 1. The quantitative estimate of drug-likeness (QED) is 0.275. The van der Waals surface area contributed by atoms with Crippen LogP contribution in [0.5, 0.6) is 0 Å². The van der Waals surface area contributed by atoms with Gasteiger partial charge in [-0.25, -0.2) is 0 Å².